The first-order valence-corrected chi connectivity index (χ1v) is 9.34. The molecular weight excluding hydrogens is 315 g/mol. The molecule has 0 amide bonds. The van der Waals surface area contributed by atoms with Crippen LogP contribution in [0.5, 0.6) is 0 Å². The van der Waals surface area contributed by atoms with E-state index in [0.717, 1.165) is 57.9 Å². The highest BCUT2D eigenvalue weighted by molar-refractivity contribution is 5.80. The molecule has 138 valence electrons. The smallest absolute Gasteiger partial charge is 0.191 e. The molecule has 4 nitrogen and oxygen atoms in total. The van der Waals surface area contributed by atoms with Gasteiger partial charge in [0.2, 0.25) is 0 Å². The average Bonchev–Trinajstić information content (AvgIpc) is 2.62. The number of nitrogens with zero attached hydrogens (tertiary/aromatic N) is 2. The number of likely N-dealkylation sites (tertiary alicyclic amines) is 1. The quantitative estimate of drug-likeness (QED) is 0.344. The second-order valence-corrected chi connectivity index (χ2v) is 6.44. The van der Waals surface area contributed by atoms with E-state index in [4.69, 9.17) is 0 Å². The molecule has 2 N–H and O–H groups in total. The van der Waals surface area contributed by atoms with Gasteiger partial charge in [-0.25, -0.2) is 4.39 Å². The largest absolute Gasteiger partial charge is 0.357 e. The molecule has 1 fully saturated rings. The first-order chi connectivity index (χ1) is 12.2. The van der Waals surface area contributed by atoms with Gasteiger partial charge in [-0.05, 0) is 50.8 Å². The molecule has 1 aliphatic heterocycles. The predicted octanol–water partition coefficient (Wildman–Crippen LogP) is 3.31. The summed E-state index contributed by atoms with van der Waals surface area (Å²) in [4.78, 5) is 7.07. The van der Waals surface area contributed by atoms with Crippen LogP contribution >= 0.6 is 0 Å². The molecule has 0 radical (unpaired) electrons. The number of aliphatic imine (C=N–C) groups is 1. The lowest BCUT2D eigenvalue weighted by Gasteiger charge is -2.33. The second-order valence-electron chi connectivity index (χ2n) is 6.44. The molecule has 5 heteroatoms. The Bertz CT molecular complexity index is 545. The molecule has 1 aromatic rings. The Morgan fingerprint density at radius 1 is 1.28 bits per heavy atom. The van der Waals surface area contributed by atoms with Crippen LogP contribution in [0, 0.1) is 5.82 Å². The van der Waals surface area contributed by atoms with Gasteiger partial charge in [0.05, 0.1) is 0 Å². The number of piperidine rings is 1. The first-order valence-electron chi connectivity index (χ1n) is 9.34. The summed E-state index contributed by atoms with van der Waals surface area (Å²) in [6.07, 6.45) is 7.37. The number of hydrogen-bond donors (Lipinski definition) is 2. The van der Waals surface area contributed by atoms with Crippen molar-refractivity contribution in [2.75, 3.05) is 26.2 Å². The second kappa shape index (κ2) is 10.9. The standard InChI is InChI=1S/C20H31FN4/c1-3-5-6-13-23-20(22-4-2)24-19-11-14-25(15-12-19)16-17-7-9-18(21)10-8-17/h3,5,7-10,19H,4,6,11-16H2,1-2H3,(H2,22,23,24). The van der Waals surface area contributed by atoms with E-state index in [-0.39, 0.29) is 5.82 Å². The van der Waals surface area contributed by atoms with Crippen molar-refractivity contribution in [2.24, 2.45) is 4.99 Å². The Morgan fingerprint density at radius 3 is 2.64 bits per heavy atom. The number of benzene rings is 1. The number of rotatable bonds is 7. The molecule has 1 aliphatic rings. The van der Waals surface area contributed by atoms with Crippen LogP contribution in [0.3, 0.4) is 0 Å². The van der Waals surface area contributed by atoms with Crippen molar-refractivity contribution >= 4 is 5.96 Å². The Balaban J connectivity index is 1.76. The van der Waals surface area contributed by atoms with Gasteiger partial charge in [-0.1, -0.05) is 24.3 Å². The Kier molecular flexibility index (Phi) is 8.46. The summed E-state index contributed by atoms with van der Waals surface area (Å²) < 4.78 is 13.0. The lowest BCUT2D eigenvalue weighted by molar-refractivity contribution is 0.198. The van der Waals surface area contributed by atoms with E-state index in [9.17, 15) is 4.39 Å². The fraction of sp³-hybridized carbons (Fsp3) is 0.550. The lowest BCUT2D eigenvalue weighted by Crippen LogP contribution is -2.48. The Morgan fingerprint density at radius 2 is 2.00 bits per heavy atom. The van der Waals surface area contributed by atoms with Crippen molar-refractivity contribution in [3.63, 3.8) is 0 Å². The minimum absolute atomic E-state index is 0.170. The Labute approximate surface area is 151 Å². The van der Waals surface area contributed by atoms with Gasteiger partial charge < -0.3 is 10.6 Å². The first kappa shape index (κ1) is 19.4. The summed E-state index contributed by atoms with van der Waals surface area (Å²) in [7, 11) is 0. The van der Waals surface area contributed by atoms with E-state index in [1.54, 1.807) is 0 Å². The normalized spacial score (nSPS) is 17.2. The zero-order valence-electron chi connectivity index (χ0n) is 15.5. The molecule has 25 heavy (non-hydrogen) atoms. The van der Waals surface area contributed by atoms with Gasteiger partial charge in [0.15, 0.2) is 5.96 Å². The van der Waals surface area contributed by atoms with E-state index in [2.05, 4.69) is 39.6 Å². The highest BCUT2D eigenvalue weighted by atomic mass is 19.1. The number of nitrogens with one attached hydrogen (secondary N) is 2. The molecule has 0 spiro atoms. The molecule has 1 heterocycles. The van der Waals surface area contributed by atoms with Crippen LogP contribution in [-0.2, 0) is 6.54 Å². The third kappa shape index (κ3) is 7.26. The third-order valence-electron chi connectivity index (χ3n) is 4.39. The molecule has 1 saturated heterocycles. The molecule has 2 rings (SSSR count). The average molecular weight is 346 g/mol. The van der Waals surface area contributed by atoms with Crippen molar-refractivity contribution < 1.29 is 4.39 Å². The lowest BCUT2D eigenvalue weighted by atomic mass is 10.0. The molecular formula is C20H31FN4. The molecule has 0 bridgehead atoms. The van der Waals surface area contributed by atoms with E-state index in [1.165, 1.54) is 17.7 Å². The van der Waals surface area contributed by atoms with Gasteiger partial charge in [-0.2, -0.15) is 0 Å². The van der Waals surface area contributed by atoms with Crippen LogP contribution in [0.2, 0.25) is 0 Å². The maximum absolute atomic E-state index is 13.0. The fourth-order valence-electron chi connectivity index (χ4n) is 3.01. The predicted molar refractivity (Wildman–Crippen MR) is 103 cm³/mol. The fourth-order valence-corrected chi connectivity index (χ4v) is 3.01. The van der Waals surface area contributed by atoms with Crippen LogP contribution in [-0.4, -0.2) is 43.1 Å². The van der Waals surface area contributed by atoms with Gasteiger partial charge in [-0.15, -0.1) is 0 Å². The van der Waals surface area contributed by atoms with Crippen LogP contribution < -0.4 is 10.6 Å². The van der Waals surface area contributed by atoms with Crippen LogP contribution in [0.4, 0.5) is 4.39 Å². The summed E-state index contributed by atoms with van der Waals surface area (Å²) in [5.74, 6) is 0.750. The topological polar surface area (TPSA) is 39.7 Å². The van der Waals surface area contributed by atoms with E-state index in [0.29, 0.717) is 6.04 Å². The van der Waals surface area contributed by atoms with Crippen molar-refractivity contribution in [2.45, 2.75) is 45.7 Å². The van der Waals surface area contributed by atoms with Gasteiger partial charge in [-0.3, -0.25) is 9.89 Å². The summed E-state index contributed by atoms with van der Waals surface area (Å²) in [5.41, 5.74) is 1.17. The van der Waals surface area contributed by atoms with Gasteiger partial charge in [0.25, 0.3) is 0 Å². The SMILES string of the molecule is CC=CCCN=C(NCC)NC1CCN(Cc2ccc(F)cc2)CC1. The third-order valence-corrected chi connectivity index (χ3v) is 4.39. The maximum atomic E-state index is 13.0. The number of allylic oxidation sites excluding steroid dienone is 1. The minimum Gasteiger partial charge on any atom is -0.357 e. The van der Waals surface area contributed by atoms with Gasteiger partial charge >= 0.3 is 0 Å². The number of hydrogen-bond acceptors (Lipinski definition) is 2. The molecule has 0 unspecified atom stereocenters. The maximum Gasteiger partial charge on any atom is 0.191 e. The number of guanidine groups is 1. The molecule has 0 aromatic heterocycles. The highest BCUT2D eigenvalue weighted by Gasteiger charge is 2.20. The molecule has 0 saturated carbocycles. The Hall–Kier alpha value is -1.88. The zero-order chi connectivity index (χ0) is 17.9. The summed E-state index contributed by atoms with van der Waals surface area (Å²) in [5, 5.41) is 6.89. The monoisotopic (exact) mass is 346 g/mol. The molecule has 1 aromatic carbocycles. The summed E-state index contributed by atoms with van der Waals surface area (Å²) >= 11 is 0. The number of halogens is 1. The van der Waals surface area contributed by atoms with Crippen molar-refractivity contribution in [1.29, 1.82) is 0 Å². The zero-order valence-corrected chi connectivity index (χ0v) is 15.5. The van der Waals surface area contributed by atoms with E-state index in [1.807, 2.05) is 19.1 Å². The van der Waals surface area contributed by atoms with E-state index < -0.39 is 0 Å². The van der Waals surface area contributed by atoms with Gasteiger partial charge in [0.1, 0.15) is 5.82 Å². The summed E-state index contributed by atoms with van der Waals surface area (Å²) in [6, 6.07) is 7.29. The summed E-state index contributed by atoms with van der Waals surface area (Å²) in [6.45, 7) is 8.80. The van der Waals surface area contributed by atoms with Crippen LogP contribution in [0.1, 0.15) is 38.7 Å². The minimum atomic E-state index is -0.170. The van der Waals surface area contributed by atoms with Crippen molar-refractivity contribution in [3.05, 3.63) is 47.8 Å². The molecule has 0 atom stereocenters. The van der Waals surface area contributed by atoms with Gasteiger partial charge in [0, 0.05) is 38.8 Å². The highest BCUT2D eigenvalue weighted by Crippen LogP contribution is 2.14. The van der Waals surface area contributed by atoms with Crippen LogP contribution in [0.25, 0.3) is 0 Å². The van der Waals surface area contributed by atoms with Crippen molar-refractivity contribution in [1.82, 2.24) is 15.5 Å². The molecule has 0 aliphatic carbocycles. The van der Waals surface area contributed by atoms with E-state index >= 15 is 0 Å². The van der Waals surface area contributed by atoms with Crippen molar-refractivity contribution in [3.8, 4) is 0 Å². The van der Waals surface area contributed by atoms with Crippen LogP contribution in [0.15, 0.2) is 41.4 Å².